The van der Waals surface area contributed by atoms with Crippen molar-refractivity contribution in [3.8, 4) is 0 Å². The van der Waals surface area contributed by atoms with Crippen molar-refractivity contribution < 1.29 is 14.3 Å². The van der Waals surface area contributed by atoms with E-state index in [9.17, 15) is 4.79 Å². The van der Waals surface area contributed by atoms with Crippen LogP contribution in [0.3, 0.4) is 0 Å². The van der Waals surface area contributed by atoms with Crippen LogP contribution in [0.15, 0.2) is 18.2 Å². The minimum absolute atomic E-state index is 0.0545. The number of ether oxygens (including phenoxy) is 2. The molecule has 0 aliphatic carbocycles. The number of nitrogens with two attached hydrogens (primary N) is 1. The fourth-order valence-corrected chi connectivity index (χ4v) is 3.02. The van der Waals surface area contributed by atoms with Crippen LogP contribution in [0.5, 0.6) is 0 Å². The Balaban J connectivity index is 1.81. The van der Waals surface area contributed by atoms with Crippen LogP contribution in [-0.4, -0.2) is 50.3 Å². The van der Waals surface area contributed by atoms with Crippen molar-refractivity contribution in [2.45, 2.75) is 18.8 Å². The third-order valence-electron chi connectivity index (χ3n) is 4.22. The van der Waals surface area contributed by atoms with Gasteiger partial charge >= 0.3 is 0 Å². The summed E-state index contributed by atoms with van der Waals surface area (Å²) in [5.41, 5.74) is 8.52. The van der Waals surface area contributed by atoms with Crippen molar-refractivity contribution >= 4 is 11.6 Å². The SMILES string of the molecule is Nc1cc(C(=O)N2CCOCC2)cc(C2CCOCC2)c1. The highest BCUT2D eigenvalue weighted by molar-refractivity contribution is 5.95. The van der Waals surface area contributed by atoms with Crippen LogP contribution in [0.4, 0.5) is 5.69 Å². The largest absolute Gasteiger partial charge is 0.399 e. The molecule has 0 bridgehead atoms. The number of anilines is 1. The molecule has 2 saturated heterocycles. The summed E-state index contributed by atoms with van der Waals surface area (Å²) in [5, 5.41) is 0. The first kappa shape index (κ1) is 14.4. The highest BCUT2D eigenvalue weighted by Crippen LogP contribution is 2.29. The first-order valence-corrected chi connectivity index (χ1v) is 7.59. The molecule has 5 heteroatoms. The van der Waals surface area contributed by atoms with E-state index in [-0.39, 0.29) is 5.91 Å². The van der Waals surface area contributed by atoms with Gasteiger partial charge in [0.25, 0.3) is 5.91 Å². The molecule has 0 atom stereocenters. The third kappa shape index (κ3) is 3.36. The maximum absolute atomic E-state index is 12.6. The van der Waals surface area contributed by atoms with Gasteiger partial charge in [0.05, 0.1) is 13.2 Å². The molecule has 0 spiro atoms. The fourth-order valence-electron chi connectivity index (χ4n) is 3.02. The van der Waals surface area contributed by atoms with Crippen molar-refractivity contribution in [2.75, 3.05) is 45.3 Å². The second-order valence-corrected chi connectivity index (χ2v) is 5.68. The second kappa shape index (κ2) is 6.45. The van der Waals surface area contributed by atoms with Crippen molar-refractivity contribution in [1.29, 1.82) is 0 Å². The zero-order chi connectivity index (χ0) is 14.7. The molecule has 1 amide bonds. The number of nitrogens with zero attached hydrogens (tertiary/aromatic N) is 1. The van der Waals surface area contributed by atoms with E-state index in [0.29, 0.717) is 43.5 Å². The molecule has 2 aliphatic rings. The molecule has 2 heterocycles. The molecule has 0 aromatic heterocycles. The Morgan fingerprint density at radius 1 is 1.05 bits per heavy atom. The number of morpholine rings is 1. The summed E-state index contributed by atoms with van der Waals surface area (Å²) in [6.07, 6.45) is 1.99. The zero-order valence-electron chi connectivity index (χ0n) is 12.2. The van der Waals surface area contributed by atoms with Crippen LogP contribution in [0, 0.1) is 0 Å². The summed E-state index contributed by atoms with van der Waals surface area (Å²) >= 11 is 0. The number of rotatable bonds is 2. The number of hydrogen-bond acceptors (Lipinski definition) is 4. The van der Waals surface area contributed by atoms with Gasteiger partial charge in [0.2, 0.25) is 0 Å². The lowest BCUT2D eigenvalue weighted by Crippen LogP contribution is -2.40. The van der Waals surface area contributed by atoms with Gasteiger partial charge in [-0.05, 0) is 42.5 Å². The van der Waals surface area contributed by atoms with Gasteiger partial charge in [-0.2, -0.15) is 0 Å². The molecule has 2 fully saturated rings. The molecule has 0 saturated carbocycles. The molecule has 0 radical (unpaired) electrons. The highest BCUT2D eigenvalue weighted by atomic mass is 16.5. The van der Waals surface area contributed by atoms with E-state index in [1.165, 1.54) is 0 Å². The van der Waals surface area contributed by atoms with Crippen LogP contribution >= 0.6 is 0 Å². The Labute approximate surface area is 125 Å². The first-order valence-electron chi connectivity index (χ1n) is 7.59. The lowest BCUT2D eigenvalue weighted by molar-refractivity contribution is 0.0303. The number of carbonyl (C=O) groups is 1. The quantitative estimate of drug-likeness (QED) is 0.841. The molecular formula is C16H22N2O3. The normalized spacial score (nSPS) is 20.5. The maximum Gasteiger partial charge on any atom is 0.254 e. The van der Waals surface area contributed by atoms with Crippen LogP contribution in [0.1, 0.15) is 34.7 Å². The molecular weight excluding hydrogens is 268 g/mol. The van der Waals surface area contributed by atoms with Crippen LogP contribution in [0.2, 0.25) is 0 Å². The minimum Gasteiger partial charge on any atom is -0.399 e. The zero-order valence-corrected chi connectivity index (χ0v) is 12.2. The highest BCUT2D eigenvalue weighted by Gasteiger charge is 2.22. The first-order chi connectivity index (χ1) is 10.2. The Morgan fingerprint density at radius 3 is 2.43 bits per heavy atom. The molecule has 3 rings (SSSR count). The molecule has 2 N–H and O–H groups in total. The van der Waals surface area contributed by atoms with Gasteiger partial charge in [0.1, 0.15) is 0 Å². The number of carbonyl (C=O) groups excluding carboxylic acids is 1. The number of hydrogen-bond donors (Lipinski definition) is 1. The van der Waals surface area contributed by atoms with Crippen molar-refractivity contribution in [3.63, 3.8) is 0 Å². The standard InChI is InChI=1S/C16H22N2O3/c17-15-10-13(12-1-5-20-6-2-12)9-14(11-15)16(19)18-3-7-21-8-4-18/h9-12H,1-8,17H2. The summed E-state index contributed by atoms with van der Waals surface area (Å²) in [7, 11) is 0. The fraction of sp³-hybridized carbons (Fsp3) is 0.562. The molecule has 2 aliphatic heterocycles. The Kier molecular flexibility index (Phi) is 4.41. The predicted octanol–water partition coefficient (Wildman–Crippen LogP) is 1.64. The average Bonchev–Trinajstić information content (AvgIpc) is 2.55. The lowest BCUT2D eigenvalue weighted by atomic mass is 9.90. The summed E-state index contributed by atoms with van der Waals surface area (Å²) in [4.78, 5) is 14.4. The van der Waals surface area contributed by atoms with E-state index in [2.05, 4.69) is 0 Å². The summed E-state index contributed by atoms with van der Waals surface area (Å²) < 4.78 is 10.7. The Bertz CT molecular complexity index is 506. The van der Waals surface area contributed by atoms with E-state index < -0.39 is 0 Å². The van der Waals surface area contributed by atoms with Crippen molar-refractivity contribution in [3.05, 3.63) is 29.3 Å². The van der Waals surface area contributed by atoms with Crippen molar-refractivity contribution in [2.24, 2.45) is 0 Å². The minimum atomic E-state index is 0.0545. The molecule has 114 valence electrons. The molecule has 1 aromatic carbocycles. The monoisotopic (exact) mass is 290 g/mol. The Hall–Kier alpha value is -1.59. The van der Waals surface area contributed by atoms with E-state index >= 15 is 0 Å². The van der Waals surface area contributed by atoms with Crippen LogP contribution < -0.4 is 5.73 Å². The smallest absolute Gasteiger partial charge is 0.254 e. The molecule has 1 aromatic rings. The van der Waals surface area contributed by atoms with Gasteiger partial charge in [-0.15, -0.1) is 0 Å². The predicted molar refractivity (Wildman–Crippen MR) is 80.4 cm³/mol. The van der Waals surface area contributed by atoms with Gasteiger partial charge in [-0.1, -0.05) is 0 Å². The maximum atomic E-state index is 12.6. The van der Waals surface area contributed by atoms with Crippen LogP contribution in [0.25, 0.3) is 0 Å². The number of benzene rings is 1. The lowest BCUT2D eigenvalue weighted by Gasteiger charge is -2.28. The van der Waals surface area contributed by atoms with E-state index in [0.717, 1.165) is 31.6 Å². The van der Waals surface area contributed by atoms with Gasteiger partial charge in [0, 0.05) is 37.6 Å². The van der Waals surface area contributed by atoms with E-state index in [1.807, 2.05) is 17.0 Å². The van der Waals surface area contributed by atoms with Crippen molar-refractivity contribution in [1.82, 2.24) is 4.90 Å². The van der Waals surface area contributed by atoms with Gasteiger partial charge in [0.15, 0.2) is 0 Å². The van der Waals surface area contributed by atoms with Crippen LogP contribution in [-0.2, 0) is 9.47 Å². The van der Waals surface area contributed by atoms with Gasteiger partial charge in [-0.3, -0.25) is 4.79 Å². The number of amides is 1. The van der Waals surface area contributed by atoms with E-state index in [1.54, 1.807) is 6.07 Å². The number of nitrogen functional groups attached to an aromatic ring is 1. The topological polar surface area (TPSA) is 64.8 Å². The van der Waals surface area contributed by atoms with Gasteiger partial charge in [-0.25, -0.2) is 0 Å². The molecule has 0 unspecified atom stereocenters. The summed E-state index contributed by atoms with van der Waals surface area (Å²) in [6, 6.07) is 5.77. The Morgan fingerprint density at radius 2 is 1.71 bits per heavy atom. The molecule has 5 nitrogen and oxygen atoms in total. The van der Waals surface area contributed by atoms with E-state index in [4.69, 9.17) is 15.2 Å². The second-order valence-electron chi connectivity index (χ2n) is 5.68. The summed E-state index contributed by atoms with van der Waals surface area (Å²) in [6.45, 7) is 4.10. The third-order valence-corrected chi connectivity index (χ3v) is 4.22. The summed E-state index contributed by atoms with van der Waals surface area (Å²) in [5.74, 6) is 0.498. The molecule has 21 heavy (non-hydrogen) atoms. The van der Waals surface area contributed by atoms with Gasteiger partial charge < -0.3 is 20.1 Å². The average molecular weight is 290 g/mol.